The Balaban J connectivity index is 1.20. The molecule has 1 aliphatic carbocycles. The van der Waals surface area contributed by atoms with Gasteiger partial charge in [-0.1, -0.05) is 17.6 Å². The molecule has 1 unspecified atom stereocenters. The molecule has 29 heavy (non-hydrogen) atoms. The number of methoxy groups -OCH3 is 1. The van der Waals surface area contributed by atoms with Crippen molar-refractivity contribution in [3.63, 3.8) is 0 Å². The largest absolute Gasteiger partial charge is 0.481 e. The lowest BCUT2D eigenvalue weighted by molar-refractivity contribution is 0.104. The second kappa shape index (κ2) is 7.69. The van der Waals surface area contributed by atoms with E-state index in [-0.39, 0.29) is 0 Å². The lowest BCUT2D eigenvalue weighted by atomic mass is 9.76. The Morgan fingerprint density at radius 2 is 2.03 bits per heavy atom. The summed E-state index contributed by atoms with van der Waals surface area (Å²) in [6, 6.07) is 6.30. The molecule has 7 nitrogen and oxygen atoms in total. The maximum atomic E-state index is 5.59. The number of ether oxygens (including phenoxy) is 1. The summed E-state index contributed by atoms with van der Waals surface area (Å²) < 4.78 is 10.9. The van der Waals surface area contributed by atoms with Gasteiger partial charge in [-0.3, -0.25) is 9.80 Å². The van der Waals surface area contributed by atoms with Crippen molar-refractivity contribution in [2.24, 2.45) is 5.41 Å². The third-order valence-electron chi connectivity index (χ3n) is 7.25. The summed E-state index contributed by atoms with van der Waals surface area (Å²) in [6.07, 6.45) is 7.25. The lowest BCUT2D eigenvalue weighted by Gasteiger charge is -2.39. The predicted octanol–water partition coefficient (Wildman–Crippen LogP) is 3.40. The fourth-order valence-corrected chi connectivity index (χ4v) is 5.20. The molecule has 0 N–H and O–H groups in total. The van der Waals surface area contributed by atoms with Crippen LogP contribution in [0.25, 0.3) is 0 Å². The average molecular weight is 398 g/mol. The van der Waals surface area contributed by atoms with Gasteiger partial charge in [0.05, 0.1) is 18.8 Å². The number of hydrogen-bond donors (Lipinski definition) is 0. The van der Waals surface area contributed by atoms with Crippen LogP contribution >= 0.6 is 0 Å². The van der Waals surface area contributed by atoms with Crippen molar-refractivity contribution in [2.45, 2.75) is 57.0 Å². The number of nitrogens with zero attached hydrogens (tertiary/aromatic N) is 5. The molecule has 1 saturated carbocycles. The normalized spacial score (nSPS) is 25.4. The predicted molar refractivity (Wildman–Crippen MR) is 109 cm³/mol. The molecule has 3 aliphatic rings. The second-order valence-electron chi connectivity index (χ2n) is 9.20. The molecule has 1 atom stereocenters. The van der Waals surface area contributed by atoms with Crippen LogP contribution in [0.3, 0.4) is 0 Å². The van der Waals surface area contributed by atoms with Crippen molar-refractivity contribution in [3.8, 4) is 5.88 Å². The van der Waals surface area contributed by atoms with Crippen LogP contribution in [0.2, 0.25) is 0 Å². The molecule has 1 spiro atoms. The van der Waals surface area contributed by atoms with Gasteiger partial charge in [-0.25, -0.2) is 4.98 Å². The fraction of sp³-hybridized carbons (Fsp3) is 0.682. The molecule has 4 heterocycles. The molecule has 0 bridgehead atoms. The van der Waals surface area contributed by atoms with Gasteiger partial charge in [0.1, 0.15) is 0 Å². The van der Waals surface area contributed by atoms with Crippen molar-refractivity contribution in [3.05, 3.63) is 35.6 Å². The van der Waals surface area contributed by atoms with Gasteiger partial charge >= 0.3 is 0 Å². The molecule has 3 fully saturated rings. The first-order valence-electron chi connectivity index (χ1n) is 10.9. The monoisotopic (exact) mass is 397 g/mol. The zero-order chi connectivity index (χ0) is 19.8. The van der Waals surface area contributed by atoms with Gasteiger partial charge in [0, 0.05) is 25.1 Å². The van der Waals surface area contributed by atoms with Crippen molar-refractivity contribution < 1.29 is 9.26 Å². The number of likely N-dealkylation sites (tertiary alicyclic amines) is 2. The maximum absolute atomic E-state index is 5.59. The van der Waals surface area contributed by atoms with Crippen LogP contribution in [0.4, 0.5) is 0 Å². The molecule has 2 aromatic rings. The van der Waals surface area contributed by atoms with E-state index in [9.17, 15) is 0 Å². The van der Waals surface area contributed by atoms with Gasteiger partial charge < -0.3 is 9.26 Å². The smallest absolute Gasteiger partial charge is 0.229 e. The first-order chi connectivity index (χ1) is 14.1. The van der Waals surface area contributed by atoms with Crippen LogP contribution in [0, 0.1) is 5.41 Å². The number of rotatable bonds is 5. The standard InChI is InChI=1S/C22H31N5O2/c1-26-15-22(13-18(26)20-24-21(29-25-20)16-5-3-6-16)9-11-27(12-10-22)14-17-7-4-8-19(23-17)28-2/h4,7-8,16,18H,3,5-6,9-15H2,1-2H3. The first-order valence-corrected chi connectivity index (χ1v) is 10.9. The highest BCUT2D eigenvalue weighted by Crippen LogP contribution is 2.48. The van der Waals surface area contributed by atoms with E-state index in [0.29, 0.717) is 23.3 Å². The highest BCUT2D eigenvalue weighted by molar-refractivity contribution is 5.16. The number of piperidine rings is 1. The Hall–Kier alpha value is -1.99. The van der Waals surface area contributed by atoms with E-state index in [2.05, 4.69) is 33.1 Å². The van der Waals surface area contributed by atoms with Crippen molar-refractivity contribution >= 4 is 0 Å². The molecule has 2 aromatic heterocycles. The molecule has 5 rings (SSSR count). The number of aromatic nitrogens is 3. The molecule has 0 aromatic carbocycles. The molecule has 0 amide bonds. The van der Waals surface area contributed by atoms with E-state index in [4.69, 9.17) is 14.2 Å². The van der Waals surface area contributed by atoms with Gasteiger partial charge in [-0.2, -0.15) is 4.98 Å². The van der Waals surface area contributed by atoms with Gasteiger partial charge in [-0.05, 0) is 63.7 Å². The molecule has 2 saturated heterocycles. The molecule has 156 valence electrons. The summed E-state index contributed by atoms with van der Waals surface area (Å²) in [5.74, 6) is 2.96. The Labute approximate surface area is 172 Å². The Morgan fingerprint density at radius 1 is 1.21 bits per heavy atom. The minimum absolute atomic E-state index is 0.291. The number of hydrogen-bond acceptors (Lipinski definition) is 7. The summed E-state index contributed by atoms with van der Waals surface area (Å²) >= 11 is 0. The van der Waals surface area contributed by atoms with E-state index >= 15 is 0 Å². The van der Waals surface area contributed by atoms with Crippen molar-refractivity contribution in [1.29, 1.82) is 0 Å². The zero-order valence-electron chi connectivity index (χ0n) is 17.5. The van der Waals surface area contributed by atoms with Gasteiger partial charge in [0.2, 0.25) is 11.8 Å². The van der Waals surface area contributed by atoms with Crippen LogP contribution in [0.1, 0.15) is 67.9 Å². The van der Waals surface area contributed by atoms with E-state index in [1.54, 1.807) is 7.11 Å². The molecule has 0 radical (unpaired) electrons. The van der Waals surface area contributed by atoms with E-state index < -0.39 is 0 Å². The lowest BCUT2D eigenvalue weighted by Crippen LogP contribution is -2.41. The zero-order valence-corrected chi connectivity index (χ0v) is 17.5. The van der Waals surface area contributed by atoms with Gasteiger partial charge in [0.15, 0.2) is 5.82 Å². The maximum Gasteiger partial charge on any atom is 0.229 e. The highest BCUT2D eigenvalue weighted by Gasteiger charge is 2.46. The summed E-state index contributed by atoms with van der Waals surface area (Å²) in [4.78, 5) is 14.3. The molecular formula is C22H31N5O2. The molecule has 7 heteroatoms. The first kappa shape index (κ1) is 19.0. The van der Waals surface area contributed by atoms with E-state index in [1.807, 2.05) is 12.1 Å². The minimum atomic E-state index is 0.291. The van der Waals surface area contributed by atoms with Crippen LogP contribution in [-0.2, 0) is 6.54 Å². The third-order valence-corrected chi connectivity index (χ3v) is 7.25. The van der Waals surface area contributed by atoms with Gasteiger partial charge in [-0.15, -0.1) is 0 Å². The highest BCUT2D eigenvalue weighted by atomic mass is 16.5. The van der Waals surface area contributed by atoms with E-state index in [0.717, 1.165) is 50.0 Å². The molecule has 2 aliphatic heterocycles. The summed E-state index contributed by atoms with van der Waals surface area (Å²) in [7, 11) is 3.88. The van der Waals surface area contributed by atoms with Gasteiger partial charge in [0.25, 0.3) is 0 Å². The van der Waals surface area contributed by atoms with Crippen LogP contribution in [0.15, 0.2) is 22.7 Å². The summed E-state index contributed by atoms with van der Waals surface area (Å²) in [5, 5.41) is 4.36. The molecular weight excluding hydrogens is 366 g/mol. The van der Waals surface area contributed by atoms with Crippen LogP contribution in [0.5, 0.6) is 5.88 Å². The second-order valence-corrected chi connectivity index (χ2v) is 9.20. The Kier molecular flexibility index (Phi) is 5.04. The van der Waals surface area contributed by atoms with Crippen molar-refractivity contribution in [1.82, 2.24) is 24.9 Å². The van der Waals surface area contributed by atoms with Crippen molar-refractivity contribution in [2.75, 3.05) is 33.8 Å². The van der Waals surface area contributed by atoms with E-state index in [1.165, 1.54) is 32.1 Å². The minimum Gasteiger partial charge on any atom is -0.481 e. The third kappa shape index (κ3) is 3.78. The number of pyridine rings is 1. The SMILES string of the molecule is COc1cccc(CN2CCC3(CC2)CC(c2noc(C4CCC4)n2)N(C)C3)n1. The average Bonchev–Trinajstić information content (AvgIpc) is 3.28. The quantitative estimate of drug-likeness (QED) is 0.766. The Morgan fingerprint density at radius 3 is 2.76 bits per heavy atom. The fourth-order valence-electron chi connectivity index (χ4n) is 5.20. The summed E-state index contributed by atoms with van der Waals surface area (Å²) in [5.41, 5.74) is 1.45. The van der Waals surface area contributed by atoms with Crippen LogP contribution in [-0.4, -0.2) is 58.7 Å². The van der Waals surface area contributed by atoms with Crippen LogP contribution < -0.4 is 4.74 Å². The topological polar surface area (TPSA) is 67.5 Å². The summed E-state index contributed by atoms with van der Waals surface area (Å²) in [6.45, 7) is 4.23. The Bertz CT molecular complexity index is 841.